The Labute approximate surface area is 127 Å². The molecule has 2 atom stereocenters. The standard InChI is InChI=1S/C14H17ClN2O4/c1-8-3-4-9(15)10(5-8)16-13(20)17-11-6-21-7-14(11,2)12(18)19/h3-5,11H,6-7H2,1-2H3,(H,18,19)(H2,16,17,20). The molecule has 6 nitrogen and oxygen atoms in total. The predicted octanol–water partition coefficient (Wildman–Crippen LogP) is 2.26. The number of carbonyl (C=O) groups is 2. The SMILES string of the molecule is Cc1ccc(Cl)c(NC(=O)NC2COCC2(C)C(=O)O)c1. The third-order valence-electron chi connectivity index (χ3n) is 3.62. The second kappa shape index (κ2) is 5.91. The molecule has 0 saturated carbocycles. The molecule has 1 heterocycles. The molecule has 0 spiro atoms. The van der Waals surface area contributed by atoms with Crippen molar-refractivity contribution in [3.05, 3.63) is 28.8 Å². The maximum Gasteiger partial charge on any atom is 0.319 e. The number of rotatable bonds is 3. The molecule has 1 fully saturated rings. The van der Waals surface area contributed by atoms with Gasteiger partial charge in [0.15, 0.2) is 0 Å². The van der Waals surface area contributed by atoms with Gasteiger partial charge in [-0.2, -0.15) is 0 Å². The number of carbonyl (C=O) groups excluding carboxylic acids is 1. The summed E-state index contributed by atoms with van der Waals surface area (Å²) in [6, 6.07) is 4.15. The van der Waals surface area contributed by atoms with Crippen LogP contribution in [0, 0.1) is 12.3 Å². The highest BCUT2D eigenvalue weighted by atomic mass is 35.5. The summed E-state index contributed by atoms with van der Waals surface area (Å²) in [7, 11) is 0. The van der Waals surface area contributed by atoms with E-state index in [1.54, 1.807) is 19.1 Å². The topological polar surface area (TPSA) is 87.7 Å². The highest BCUT2D eigenvalue weighted by Gasteiger charge is 2.47. The maximum atomic E-state index is 12.0. The molecule has 114 valence electrons. The van der Waals surface area contributed by atoms with E-state index in [0.717, 1.165) is 5.56 Å². The first kappa shape index (κ1) is 15.6. The van der Waals surface area contributed by atoms with Crippen molar-refractivity contribution in [3.8, 4) is 0 Å². The molecule has 0 aliphatic carbocycles. The van der Waals surface area contributed by atoms with Gasteiger partial charge in [-0.25, -0.2) is 4.79 Å². The fraction of sp³-hybridized carbons (Fsp3) is 0.429. The van der Waals surface area contributed by atoms with Gasteiger partial charge in [0.05, 0.1) is 30.0 Å². The van der Waals surface area contributed by atoms with Crippen LogP contribution < -0.4 is 10.6 Å². The minimum absolute atomic E-state index is 0.0679. The average Bonchev–Trinajstić information content (AvgIpc) is 2.77. The Hall–Kier alpha value is -1.79. The number of hydrogen-bond donors (Lipinski definition) is 3. The summed E-state index contributed by atoms with van der Waals surface area (Å²) in [6.45, 7) is 3.66. The molecule has 2 unspecified atom stereocenters. The lowest BCUT2D eigenvalue weighted by molar-refractivity contribution is -0.148. The predicted molar refractivity (Wildman–Crippen MR) is 78.7 cm³/mol. The molecule has 2 amide bonds. The van der Waals surface area contributed by atoms with Crippen molar-refractivity contribution in [2.75, 3.05) is 18.5 Å². The van der Waals surface area contributed by atoms with Crippen molar-refractivity contribution < 1.29 is 19.4 Å². The van der Waals surface area contributed by atoms with E-state index in [1.807, 2.05) is 13.0 Å². The van der Waals surface area contributed by atoms with Crippen molar-refractivity contribution in [2.45, 2.75) is 19.9 Å². The zero-order valence-electron chi connectivity index (χ0n) is 11.8. The van der Waals surface area contributed by atoms with E-state index in [9.17, 15) is 14.7 Å². The Morgan fingerprint density at radius 3 is 2.86 bits per heavy atom. The summed E-state index contributed by atoms with van der Waals surface area (Å²) in [5.74, 6) is -1.00. The first-order chi connectivity index (χ1) is 9.83. The number of ether oxygens (including phenoxy) is 1. The number of urea groups is 1. The summed E-state index contributed by atoms with van der Waals surface area (Å²) in [6.07, 6.45) is 0. The number of aliphatic carboxylic acids is 1. The van der Waals surface area contributed by atoms with Crippen LogP contribution in [0.25, 0.3) is 0 Å². The van der Waals surface area contributed by atoms with Crippen LogP contribution >= 0.6 is 11.6 Å². The first-order valence-corrected chi connectivity index (χ1v) is 6.85. The highest BCUT2D eigenvalue weighted by Crippen LogP contribution is 2.29. The minimum Gasteiger partial charge on any atom is -0.481 e. The molecule has 0 bridgehead atoms. The quantitative estimate of drug-likeness (QED) is 0.799. The van der Waals surface area contributed by atoms with Gasteiger partial charge in [-0.05, 0) is 31.5 Å². The van der Waals surface area contributed by atoms with Crippen LogP contribution in [0.2, 0.25) is 5.02 Å². The van der Waals surface area contributed by atoms with Gasteiger partial charge < -0.3 is 20.5 Å². The molecule has 21 heavy (non-hydrogen) atoms. The number of halogens is 1. The van der Waals surface area contributed by atoms with Crippen LogP contribution in [0.15, 0.2) is 18.2 Å². The van der Waals surface area contributed by atoms with Crippen LogP contribution in [-0.2, 0) is 9.53 Å². The summed E-state index contributed by atoms with van der Waals surface area (Å²) in [4.78, 5) is 23.3. The molecular weight excluding hydrogens is 296 g/mol. The molecule has 1 aliphatic rings. The van der Waals surface area contributed by atoms with Crippen molar-refractivity contribution in [1.82, 2.24) is 5.32 Å². The third kappa shape index (κ3) is 3.28. The Morgan fingerprint density at radius 2 is 2.19 bits per heavy atom. The van der Waals surface area contributed by atoms with Crippen LogP contribution in [0.3, 0.4) is 0 Å². The van der Waals surface area contributed by atoms with Gasteiger partial charge >= 0.3 is 12.0 Å². The highest BCUT2D eigenvalue weighted by molar-refractivity contribution is 6.33. The van der Waals surface area contributed by atoms with Gasteiger partial charge in [0.25, 0.3) is 0 Å². The normalized spacial score (nSPS) is 24.6. The number of anilines is 1. The largest absolute Gasteiger partial charge is 0.481 e. The Bertz CT molecular complexity index is 578. The number of carboxylic acids is 1. The van der Waals surface area contributed by atoms with Crippen molar-refractivity contribution in [1.29, 1.82) is 0 Å². The lowest BCUT2D eigenvalue weighted by atomic mass is 9.85. The Balaban J connectivity index is 2.05. The molecule has 7 heteroatoms. The van der Waals surface area contributed by atoms with Crippen LogP contribution in [-0.4, -0.2) is 36.4 Å². The van der Waals surface area contributed by atoms with E-state index in [2.05, 4.69) is 10.6 Å². The average molecular weight is 313 g/mol. The zero-order chi connectivity index (χ0) is 15.6. The third-order valence-corrected chi connectivity index (χ3v) is 3.95. The summed E-state index contributed by atoms with van der Waals surface area (Å²) < 4.78 is 5.18. The smallest absolute Gasteiger partial charge is 0.319 e. The molecule has 1 saturated heterocycles. The number of carboxylic acid groups (broad SMARTS) is 1. The van der Waals surface area contributed by atoms with Crippen LogP contribution in [0.4, 0.5) is 10.5 Å². The van der Waals surface area contributed by atoms with Gasteiger partial charge in [0.2, 0.25) is 0 Å². The second-order valence-corrected chi connectivity index (χ2v) is 5.78. The molecular formula is C14H17ClN2O4. The van der Waals surface area contributed by atoms with E-state index >= 15 is 0 Å². The molecule has 3 N–H and O–H groups in total. The number of benzene rings is 1. The minimum atomic E-state index is -1.13. The van der Waals surface area contributed by atoms with Crippen LogP contribution in [0.5, 0.6) is 0 Å². The second-order valence-electron chi connectivity index (χ2n) is 5.37. The number of hydrogen-bond acceptors (Lipinski definition) is 3. The summed E-state index contributed by atoms with van der Waals surface area (Å²) >= 11 is 6.00. The van der Waals surface area contributed by atoms with Crippen molar-refractivity contribution in [2.24, 2.45) is 5.41 Å². The van der Waals surface area contributed by atoms with Crippen molar-refractivity contribution >= 4 is 29.3 Å². The number of aryl methyl sites for hydroxylation is 1. The van der Waals surface area contributed by atoms with Crippen LogP contribution in [0.1, 0.15) is 12.5 Å². The molecule has 2 rings (SSSR count). The summed E-state index contributed by atoms with van der Waals surface area (Å²) in [5.41, 5.74) is 0.299. The van der Waals surface area contributed by atoms with Gasteiger partial charge in [-0.3, -0.25) is 4.79 Å². The zero-order valence-corrected chi connectivity index (χ0v) is 12.5. The fourth-order valence-electron chi connectivity index (χ4n) is 2.14. The lowest BCUT2D eigenvalue weighted by Crippen LogP contribution is -2.50. The van der Waals surface area contributed by atoms with E-state index in [0.29, 0.717) is 10.7 Å². The maximum absolute atomic E-state index is 12.0. The van der Waals surface area contributed by atoms with Gasteiger partial charge in [0, 0.05) is 0 Å². The van der Waals surface area contributed by atoms with Gasteiger partial charge in [-0.15, -0.1) is 0 Å². The first-order valence-electron chi connectivity index (χ1n) is 6.48. The van der Waals surface area contributed by atoms with E-state index in [-0.39, 0.29) is 13.2 Å². The lowest BCUT2D eigenvalue weighted by Gasteiger charge is -2.25. The molecule has 0 radical (unpaired) electrons. The molecule has 1 aromatic carbocycles. The van der Waals surface area contributed by atoms with E-state index < -0.39 is 23.5 Å². The monoisotopic (exact) mass is 312 g/mol. The molecule has 1 aliphatic heterocycles. The van der Waals surface area contributed by atoms with E-state index in [1.165, 1.54) is 0 Å². The van der Waals surface area contributed by atoms with Gasteiger partial charge in [0.1, 0.15) is 5.41 Å². The van der Waals surface area contributed by atoms with Gasteiger partial charge in [-0.1, -0.05) is 17.7 Å². The Kier molecular flexibility index (Phi) is 4.39. The molecule has 0 aromatic heterocycles. The van der Waals surface area contributed by atoms with E-state index in [4.69, 9.17) is 16.3 Å². The molecule has 1 aromatic rings. The number of nitrogens with one attached hydrogen (secondary N) is 2. The Morgan fingerprint density at radius 1 is 1.48 bits per heavy atom. The number of amides is 2. The van der Waals surface area contributed by atoms with Crippen molar-refractivity contribution in [3.63, 3.8) is 0 Å². The summed E-state index contributed by atoms with van der Waals surface area (Å²) in [5, 5.41) is 14.9. The fourth-order valence-corrected chi connectivity index (χ4v) is 2.30.